The smallest absolute Gasteiger partial charge is 0.269 e. The highest BCUT2D eigenvalue weighted by atomic mass is 16.5. The zero-order valence-corrected chi connectivity index (χ0v) is 21.4. The first-order valence-corrected chi connectivity index (χ1v) is 12.8. The van der Waals surface area contributed by atoms with Crippen molar-refractivity contribution in [3.63, 3.8) is 0 Å². The maximum absolute atomic E-state index is 12.6. The molecule has 0 spiro atoms. The van der Waals surface area contributed by atoms with E-state index in [9.17, 15) is 4.79 Å². The van der Waals surface area contributed by atoms with Crippen LogP contribution in [0.2, 0.25) is 0 Å². The normalized spacial score (nSPS) is 17.7. The lowest BCUT2D eigenvalue weighted by molar-refractivity contribution is 0.0992. The minimum atomic E-state index is -0.492. The van der Waals surface area contributed by atoms with Crippen LogP contribution < -0.4 is 20.6 Å². The molecule has 1 amide bonds. The number of likely N-dealkylation sites (tertiary alicyclic amines) is 1. The van der Waals surface area contributed by atoms with Gasteiger partial charge in [-0.2, -0.15) is 0 Å². The summed E-state index contributed by atoms with van der Waals surface area (Å²) in [6.45, 7) is 5.57. The number of nitrogens with zero attached hydrogens (tertiary/aromatic N) is 3. The summed E-state index contributed by atoms with van der Waals surface area (Å²) in [6, 6.07) is 15.0. The average Bonchev–Trinajstić information content (AvgIpc) is 3.33. The summed E-state index contributed by atoms with van der Waals surface area (Å²) in [6.07, 6.45) is 3.19. The van der Waals surface area contributed by atoms with Gasteiger partial charge in [0.1, 0.15) is 28.8 Å². The fraction of sp³-hybridized carbons (Fsp3) is 0.379. The lowest BCUT2D eigenvalue weighted by Gasteiger charge is -2.37. The van der Waals surface area contributed by atoms with Gasteiger partial charge in [0.05, 0.1) is 13.7 Å². The molecule has 3 heterocycles. The number of ether oxygens (including phenoxy) is 2. The van der Waals surface area contributed by atoms with Crippen molar-refractivity contribution in [2.24, 2.45) is 11.7 Å². The molecular weight excluding hydrogens is 466 g/mol. The SMILES string of the molecule is CC#CCN1CCC(C2CCNn3c2nc(-c2ccc(Oc4ccc(OC)cc4)cc2)c3C(N)=O)CC1. The second kappa shape index (κ2) is 11.0. The third kappa shape index (κ3) is 5.27. The van der Waals surface area contributed by atoms with Crippen molar-refractivity contribution in [2.45, 2.75) is 32.1 Å². The molecule has 1 saturated heterocycles. The third-order valence-electron chi connectivity index (χ3n) is 7.30. The number of amides is 1. The molecule has 0 bridgehead atoms. The van der Waals surface area contributed by atoms with Crippen molar-refractivity contribution in [1.82, 2.24) is 14.6 Å². The van der Waals surface area contributed by atoms with Crippen molar-refractivity contribution in [3.05, 3.63) is 60.0 Å². The van der Waals surface area contributed by atoms with E-state index in [0.29, 0.717) is 28.8 Å². The second-order valence-corrected chi connectivity index (χ2v) is 9.51. The molecule has 0 saturated carbocycles. The van der Waals surface area contributed by atoms with Crippen LogP contribution in [0.1, 0.15) is 48.4 Å². The van der Waals surface area contributed by atoms with Gasteiger partial charge in [-0.05, 0) is 93.7 Å². The fourth-order valence-electron chi connectivity index (χ4n) is 5.35. The molecule has 37 heavy (non-hydrogen) atoms. The molecule has 2 aliphatic heterocycles. The van der Waals surface area contributed by atoms with Gasteiger partial charge in [0.15, 0.2) is 5.69 Å². The summed E-state index contributed by atoms with van der Waals surface area (Å²) in [5.41, 5.74) is 11.1. The number of nitrogens with one attached hydrogen (secondary N) is 1. The zero-order valence-electron chi connectivity index (χ0n) is 21.4. The molecule has 2 aromatic carbocycles. The van der Waals surface area contributed by atoms with E-state index in [4.69, 9.17) is 20.2 Å². The number of rotatable bonds is 7. The number of fused-ring (bicyclic) bond motifs is 1. The Balaban J connectivity index is 1.37. The van der Waals surface area contributed by atoms with Gasteiger partial charge in [-0.15, -0.1) is 5.92 Å². The molecule has 1 aromatic heterocycles. The number of carbonyl (C=O) groups excluding carboxylic acids is 1. The summed E-state index contributed by atoms with van der Waals surface area (Å²) >= 11 is 0. The first-order valence-electron chi connectivity index (χ1n) is 12.8. The van der Waals surface area contributed by atoms with Crippen LogP contribution in [-0.2, 0) is 0 Å². The van der Waals surface area contributed by atoms with Gasteiger partial charge in [-0.25, -0.2) is 9.66 Å². The van der Waals surface area contributed by atoms with E-state index in [0.717, 1.165) is 62.6 Å². The van der Waals surface area contributed by atoms with Gasteiger partial charge in [0, 0.05) is 18.0 Å². The average molecular weight is 500 g/mol. The quantitative estimate of drug-likeness (QED) is 0.473. The molecule has 0 aliphatic carbocycles. The van der Waals surface area contributed by atoms with E-state index in [1.54, 1.807) is 7.11 Å². The van der Waals surface area contributed by atoms with Gasteiger partial charge in [-0.1, -0.05) is 5.92 Å². The topological polar surface area (TPSA) is 94.6 Å². The molecule has 192 valence electrons. The Kier molecular flexibility index (Phi) is 7.33. The molecule has 8 heteroatoms. The second-order valence-electron chi connectivity index (χ2n) is 9.51. The summed E-state index contributed by atoms with van der Waals surface area (Å²) < 4.78 is 13.0. The summed E-state index contributed by atoms with van der Waals surface area (Å²) in [7, 11) is 1.63. The van der Waals surface area contributed by atoms with E-state index in [1.165, 1.54) is 0 Å². The van der Waals surface area contributed by atoms with Crippen molar-refractivity contribution in [3.8, 4) is 40.3 Å². The number of carbonyl (C=O) groups is 1. The number of hydrogen-bond donors (Lipinski definition) is 2. The van der Waals surface area contributed by atoms with Gasteiger partial charge < -0.3 is 20.6 Å². The lowest BCUT2D eigenvalue weighted by atomic mass is 9.81. The number of hydrogen-bond acceptors (Lipinski definition) is 6. The third-order valence-corrected chi connectivity index (χ3v) is 7.30. The van der Waals surface area contributed by atoms with Gasteiger partial charge >= 0.3 is 0 Å². The molecule has 3 N–H and O–H groups in total. The molecule has 3 aromatic rings. The standard InChI is InChI=1S/C29H33N5O3/c1-3-4-17-33-18-14-20(15-19-33)25-13-16-31-34-27(28(30)35)26(32-29(25)34)21-5-7-23(8-6-21)37-24-11-9-22(36-2)10-12-24/h5-12,20,25,31H,13-19H2,1-2H3,(H2,30,35). The Bertz CT molecular complexity index is 1300. The number of aromatic nitrogens is 2. The van der Waals surface area contributed by atoms with Crippen LogP contribution in [0.15, 0.2) is 48.5 Å². The zero-order chi connectivity index (χ0) is 25.8. The fourth-order valence-corrected chi connectivity index (χ4v) is 5.35. The summed E-state index contributed by atoms with van der Waals surface area (Å²) in [4.78, 5) is 20.0. The van der Waals surface area contributed by atoms with E-state index in [1.807, 2.05) is 60.1 Å². The van der Waals surface area contributed by atoms with Crippen molar-refractivity contribution in [2.75, 3.05) is 38.7 Å². The van der Waals surface area contributed by atoms with Crippen LogP contribution in [0.5, 0.6) is 17.2 Å². The molecule has 1 atom stereocenters. The summed E-state index contributed by atoms with van der Waals surface area (Å²) in [5.74, 6) is 9.55. The number of imidazole rings is 1. The molecule has 1 unspecified atom stereocenters. The van der Waals surface area contributed by atoms with Gasteiger partial charge in [0.2, 0.25) is 0 Å². The predicted molar refractivity (Wildman–Crippen MR) is 143 cm³/mol. The first-order chi connectivity index (χ1) is 18.1. The Morgan fingerprint density at radius 3 is 2.32 bits per heavy atom. The number of nitrogens with two attached hydrogens (primary N) is 1. The molecule has 0 radical (unpaired) electrons. The minimum absolute atomic E-state index is 0.283. The van der Waals surface area contributed by atoms with Crippen LogP contribution in [0, 0.1) is 17.8 Å². The number of piperidine rings is 1. The highest BCUT2D eigenvalue weighted by Crippen LogP contribution is 2.39. The van der Waals surface area contributed by atoms with Gasteiger partial charge in [0.25, 0.3) is 5.91 Å². The van der Waals surface area contributed by atoms with Crippen molar-refractivity contribution >= 4 is 5.91 Å². The van der Waals surface area contributed by atoms with E-state index in [-0.39, 0.29) is 5.92 Å². The highest BCUT2D eigenvalue weighted by Gasteiger charge is 2.35. The van der Waals surface area contributed by atoms with Crippen molar-refractivity contribution < 1.29 is 14.3 Å². The lowest BCUT2D eigenvalue weighted by Crippen LogP contribution is -2.39. The maximum atomic E-state index is 12.6. The van der Waals surface area contributed by atoms with Gasteiger partial charge in [-0.3, -0.25) is 9.69 Å². The largest absolute Gasteiger partial charge is 0.497 e. The van der Waals surface area contributed by atoms with E-state index in [2.05, 4.69) is 22.2 Å². The Hall–Kier alpha value is -3.96. The summed E-state index contributed by atoms with van der Waals surface area (Å²) in [5, 5.41) is 0. The molecule has 1 fully saturated rings. The predicted octanol–water partition coefficient (Wildman–Crippen LogP) is 4.22. The Labute approximate surface area is 217 Å². The van der Waals surface area contributed by atoms with E-state index >= 15 is 0 Å². The Morgan fingerprint density at radius 2 is 1.70 bits per heavy atom. The molecular formula is C29H33N5O3. The molecule has 8 nitrogen and oxygen atoms in total. The number of benzene rings is 2. The van der Waals surface area contributed by atoms with Crippen LogP contribution in [0.4, 0.5) is 0 Å². The van der Waals surface area contributed by atoms with Crippen LogP contribution in [-0.4, -0.2) is 53.8 Å². The molecule has 2 aliphatic rings. The monoisotopic (exact) mass is 499 g/mol. The number of methoxy groups -OCH3 is 1. The van der Waals surface area contributed by atoms with E-state index < -0.39 is 5.91 Å². The maximum Gasteiger partial charge on any atom is 0.269 e. The first kappa shape index (κ1) is 24.7. The van der Waals surface area contributed by atoms with Crippen LogP contribution in [0.3, 0.4) is 0 Å². The molecule has 5 rings (SSSR count). The van der Waals surface area contributed by atoms with Crippen LogP contribution in [0.25, 0.3) is 11.3 Å². The highest BCUT2D eigenvalue weighted by molar-refractivity contribution is 5.97. The van der Waals surface area contributed by atoms with Crippen LogP contribution >= 0.6 is 0 Å². The number of primary amides is 1. The minimum Gasteiger partial charge on any atom is -0.497 e. The Morgan fingerprint density at radius 1 is 1.05 bits per heavy atom. The van der Waals surface area contributed by atoms with Crippen molar-refractivity contribution in [1.29, 1.82) is 0 Å².